The number of amides is 2. The summed E-state index contributed by atoms with van der Waals surface area (Å²) < 4.78 is 47.8. The number of benzene rings is 2. The third-order valence-electron chi connectivity index (χ3n) is 5.61. The maximum absolute atomic E-state index is 12.5. The van der Waals surface area contributed by atoms with Crippen molar-refractivity contribution in [3.05, 3.63) is 53.1 Å². The van der Waals surface area contributed by atoms with E-state index in [-0.39, 0.29) is 36.0 Å². The van der Waals surface area contributed by atoms with Gasteiger partial charge in [-0.05, 0) is 49.1 Å². The Balaban J connectivity index is 1.57. The molecular weight excluding hydrogens is 463 g/mol. The van der Waals surface area contributed by atoms with Crippen LogP contribution in [0.25, 0.3) is 0 Å². The van der Waals surface area contributed by atoms with E-state index >= 15 is 0 Å². The van der Waals surface area contributed by atoms with Crippen LogP contribution in [0, 0.1) is 0 Å². The van der Waals surface area contributed by atoms with Crippen LogP contribution >= 0.6 is 0 Å². The largest absolute Gasteiger partial charge is 0.488 e. The van der Waals surface area contributed by atoms with Crippen LogP contribution in [0.15, 0.2) is 36.4 Å². The molecule has 2 aromatic carbocycles. The first-order valence-electron chi connectivity index (χ1n) is 11.4. The lowest BCUT2D eigenvalue weighted by molar-refractivity contribution is -0.153. The minimum Gasteiger partial charge on any atom is -0.488 e. The van der Waals surface area contributed by atoms with Crippen molar-refractivity contribution in [1.82, 2.24) is 10.6 Å². The maximum atomic E-state index is 12.5. The summed E-state index contributed by atoms with van der Waals surface area (Å²) >= 11 is 0. The highest BCUT2D eigenvalue weighted by Gasteiger charge is 2.29. The summed E-state index contributed by atoms with van der Waals surface area (Å²) in [5.41, 5.74) is 3.11. The molecule has 0 saturated heterocycles. The Morgan fingerprint density at radius 3 is 2.46 bits per heavy atom. The monoisotopic (exact) mass is 493 g/mol. The van der Waals surface area contributed by atoms with E-state index in [0.29, 0.717) is 37.2 Å². The molecule has 0 aromatic heterocycles. The number of carbonyl (C=O) groups excluding carboxylic acids is 2. The third-order valence-corrected chi connectivity index (χ3v) is 5.61. The molecule has 0 aliphatic carbocycles. The number of fused-ring (bicyclic) bond motifs is 1. The van der Waals surface area contributed by atoms with Gasteiger partial charge in [0.05, 0.1) is 11.3 Å². The van der Waals surface area contributed by atoms with Gasteiger partial charge in [0.1, 0.15) is 6.61 Å². The number of halogens is 3. The lowest BCUT2D eigenvalue weighted by Crippen LogP contribution is -2.32. The first kappa shape index (κ1) is 26.3. The van der Waals surface area contributed by atoms with Crippen molar-refractivity contribution >= 4 is 17.5 Å². The molecule has 7 nitrogen and oxygen atoms in total. The Labute approximate surface area is 202 Å². The van der Waals surface area contributed by atoms with Crippen molar-refractivity contribution in [3.63, 3.8) is 0 Å². The van der Waals surface area contributed by atoms with Gasteiger partial charge in [-0.1, -0.05) is 18.2 Å². The first-order valence-corrected chi connectivity index (χ1v) is 11.4. The molecule has 0 unspecified atom stereocenters. The number of nitrogens with zero attached hydrogens (tertiary/aromatic N) is 1. The molecule has 0 saturated carbocycles. The number of rotatable bonds is 10. The van der Waals surface area contributed by atoms with Crippen molar-refractivity contribution in [1.29, 1.82) is 0 Å². The summed E-state index contributed by atoms with van der Waals surface area (Å²) in [6, 6.07) is 10.1. The van der Waals surface area contributed by atoms with Gasteiger partial charge in [0.15, 0.2) is 18.1 Å². The summed E-state index contributed by atoms with van der Waals surface area (Å²) in [6.45, 7) is 3.35. The minimum absolute atomic E-state index is 0.0382. The Hall–Kier alpha value is -3.27. The van der Waals surface area contributed by atoms with Crippen LogP contribution in [-0.2, 0) is 17.6 Å². The van der Waals surface area contributed by atoms with Gasteiger partial charge >= 0.3 is 6.18 Å². The lowest BCUT2D eigenvalue weighted by Gasteiger charge is -2.20. The zero-order valence-electron chi connectivity index (χ0n) is 20.0. The molecule has 2 aromatic rings. The number of nitrogens with one attached hydrogen (secondary N) is 2. The highest BCUT2D eigenvalue weighted by Crippen LogP contribution is 2.34. The molecule has 35 heavy (non-hydrogen) atoms. The van der Waals surface area contributed by atoms with E-state index in [0.717, 1.165) is 11.1 Å². The Morgan fingerprint density at radius 1 is 1.14 bits per heavy atom. The third kappa shape index (κ3) is 7.11. The fraction of sp³-hybridized carbons (Fsp3) is 0.440. The van der Waals surface area contributed by atoms with Crippen LogP contribution in [0.2, 0.25) is 0 Å². The van der Waals surface area contributed by atoms with Gasteiger partial charge in [-0.15, -0.1) is 0 Å². The van der Waals surface area contributed by atoms with Gasteiger partial charge in [0.25, 0.3) is 5.91 Å². The normalized spacial score (nSPS) is 13.8. The lowest BCUT2D eigenvalue weighted by atomic mass is 9.98. The fourth-order valence-electron chi connectivity index (χ4n) is 4.09. The van der Waals surface area contributed by atoms with Gasteiger partial charge in [-0.2, -0.15) is 13.2 Å². The second-order valence-electron chi connectivity index (χ2n) is 8.41. The van der Waals surface area contributed by atoms with Crippen LogP contribution in [0.1, 0.15) is 35.3 Å². The second-order valence-corrected chi connectivity index (χ2v) is 8.41. The van der Waals surface area contributed by atoms with E-state index in [1.165, 1.54) is 13.0 Å². The molecule has 1 aliphatic heterocycles. The molecule has 0 spiro atoms. The molecule has 0 bridgehead atoms. The summed E-state index contributed by atoms with van der Waals surface area (Å²) in [4.78, 5) is 26.1. The van der Waals surface area contributed by atoms with Gasteiger partial charge in [0.2, 0.25) is 5.91 Å². The van der Waals surface area contributed by atoms with Gasteiger partial charge in [0, 0.05) is 33.1 Å². The molecule has 1 aliphatic rings. The SMILES string of the molecule is CNC(=O)c1cc(C[C@@H](C)NCCOc2ccccc2OCC(F)(F)F)cc2c1N(C(C)=O)CC2. The maximum Gasteiger partial charge on any atom is 0.422 e. The molecular formula is C25H30F3N3O4. The number of para-hydroxylation sites is 2. The molecule has 1 heterocycles. The quantitative estimate of drug-likeness (QED) is 0.496. The molecule has 0 radical (unpaired) electrons. The molecule has 190 valence electrons. The highest BCUT2D eigenvalue weighted by atomic mass is 19.4. The molecule has 0 fully saturated rings. The van der Waals surface area contributed by atoms with E-state index in [9.17, 15) is 22.8 Å². The Morgan fingerprint density at radius 2 is 1.83 bits per heavy atom. The molecule has 2 amide bonds. The number of anilines is 1. The number of hydrogen-bond acceptors (Lipinski definition) is 5. The average Bonchev–Trinajstić information content (AvgIpc) is 3.24. The molecule has 2 N–H and O–H groups in total. The minimum atomic E-state index is -4.43. The van der Waals surface area contributed by atoms with Crippen molar-refractivity contribution in [2.45, 2.75) is 38.9 Å². The van der Waals surface area contributed by atoms with E-state index in [1.807, 2.05) is 19.1 Å². The summed E-state index contributed by atoms with van der Waals surface area (Å²) in [5, 5.41) is 5.97. The Bertz CT molecular complexity index is 1060. The van der Waals surface area contributed by atoms with Crippen LogP contribution in [0.5, 0.6) is 11.5 Å². The Kier molecular flexibility index (Phi) is 8.61. The van der Waals surface area contributed by atoms with E-state index < -0.39 is 12.8 Å². The zero-order valence-corrected chi connectivity index (χ0v) is 20.0. The fourth-order valence-corrected chi connectivity index (χ4v) is 4.09. The summed E-state index contributed by atoms with van der Waals surface area (Å²) in [5.74, 6) is -0.0499. The predicted molar refractivity (Wildman–Crippen MR) is 126 cm³/mol. The van der Waals surface area contributed by atoms with Gasteiger partial charge < -0.3 is 25.0 Å². The van der Waals surface area contributed by atoms with Crippen molar-refractivity contribution in [2.75, 3.05) is 38.3 Å². The predicted octanol–water partition coefficient (Wildman–Crippen LogP) is 3.50. The van der Waals surface area contributed by atoms with Crippen molar-refractivity contribution in [3.8, 4) is 11.5 Å². The standard InChI is InChI=1S/C25H30F3N3O4/c1-16(30-9-11-34-21-6-4-5-7-22(21)35-15-25(26,27)28)12-18-13-19-8-10-31(17(2)32)23(19)20(14-18)24(33)29-3/h4-7,13-14,16,30H,8-12,15H2,1-3H3,(H,29,33)/t16-/m1/s1. The molecule has 3 rings (SSSR count). The van der Waals surface area contributed by atoms with E-state index in [4.69, 9.17) is 9.47 Å². The van der Waals surface area contributed by atoms with Crippen molar-refractivity contribution < 1.29 is 32.2 Å². The number of carbonyl (C=O) groups is 2. The number of ether oxygens (including phenoxy) is 2. The van der Waals surface area contributed by atoms with Gasteiger partial charge in [-0.3, -0.25) is 9.59 Å². The van der Waals surface area contributed by atoms with Gasteiger partial charge in [-0.25, -0.2) is 0 Å². The second kappa shape index (κ2) is 11.4. The van der Waals surface area contributed by atoms with E-state index in [2.05, 4.69) is 10.6 Å². The van der Waals surface area contributed by atoms with Crippen molar-refractivity contribution in [2.24, 2.45) is 0 Å². The van der Waals surface area contributed by atoms with Crippen LogP contribution in [0.3, 0.4) is 0 Å². The number of hydrogen-bond donors (Lipinski definition) is 2. The van der Waals surface area contributed by atoms with E-state index in [1.54, 1.807) is 30.1 Å². The summed E-state index contributed by atoms with van der Waals surface area (Å²) in [6.07, 6.45) is -3.09. The first-order chi connectivity index (χ1) is 16.6. The van der Waals surface area contributed by atoms with Crippen LogP contribution in [-0.4, -0.2) is 57.4 Å². The zero-order chi connectivity index (χ0) is 25.6. The molecule has 1 atom stereocenters. The topological polar surface area (TPSA) is 79.9 Å². The average molecular weight is 494 g/mol. The van der Waals surface area contributed by atoms with Crippen LogP contribution < -0.4 is 25.0 Å². The highest BCUT2D eigenvalue weighted by molar-refractivity contribution is 6.06. The summed E-state index contributed by atoms with van der Waals surface area (Å²) in [7, 11) is 1.56. The molecule has 10 heteroatoms. The van der Waals surface area contributed by atoms with Crippen LogP contribution in [0.4, 0.5) is 18.9 Å². The smallest absolute Gasteiger partial charge is 0.422 e. The number of alkyl halides is 3.